The lowest BCUT2D eigenvalue weighted by Crippen LogP contribution is -1.98. The van der Waals surface area contributed by atoms with E-state index in [0.29, 0.717) is 34.1 Å². The van der Waals surface area contributed by atoms with Gasteiger partial charge in [0.15, 0.2) is 0 Å². The van der Waals surface area contributed by atoms with Crippen LogP contribution in [0.1, 0.15) is 0 Å². The molecule has 30 heavy (non-hydrogen) atoms. The van der Waals surface area contributed by atoms with Gasteiger partial charge in [0.05, 0.1) is 22.4 Å². The molecule has 3 aromatic heterocycles. The van der Waals surface area contributed by atoms with Gasteiger partial charge in [-0.3, -0.25) is 9.97 Å². The lowest BCUT2D eigenvalue weighted by molar-refractivity contribution is 0.483. The van der Waals surface area contributed by atoms with Gasteiger partial charge in [0.25, 0.3) is 0 Å². The number of nitrogens with zero attached hydrogens (tertiary/aromatic N) is 4. The van der Waals surface area contributed by atoms with Crippen molar-refractivity contribution in [3.63, 3.8) is 0 Å². The summed E-state index contributed by atoms with van der Waals surface area (Å²) in [6, 6.07) is 24.3. The number of aromatic nitrogens is 4. The molecular formula is C24H17N5O. The van der Waals surface area contributed by atoms with E-state index in [1.54, 1.807) is 24.5 Å². The van der Waals surface area contributed by atoms with Crippen LogP contribution in [0.4, 0.5) is 5.69 Å². The number of nitrogens with two attached hydrogens (primary N) is 1. The summed E-state index contributed by atoms with van der Waals surface area (Å²) in [5.74, 6) is 1.37. The van der Waals surface area contributed by atoms with E-state index < -0.39 is 0 Å². The molecule has 0 unspecified atom stereocenters. The van der Waals surface area contributed by atoms with Gasteiger partial charge in [-0.25, -0.2) is 9.97 Å². The first-order chi connectivity index (χ1) is 14.8. The van der Waals surface area contributed by atoms with Gasteiger partial charge in [-0.15, -0.1) is 0 Å². The molecular weight excluding hydrogens is 374 g/mol. The molecule has 6 nitrogen and oxygen atoms in total. The molecule has 0 radical (unpaired) electrons. The zero-order chi connectivity index (χ0) is 20.3. The quantitative estimate of drug-likeness (QED) is 0.428. The lowest BCUT2D eigenvalue weighted by atomic mass is 10.1. The molecule has 2 N–H and O–H groups in total. The first-order valence-corrected chi connectivity index (χ1v) is 9.44. The van der Waals surface area contributed by atoms with Gasteiger partial charge in [-0.1, -0.05) is 12.1 Å². The Hall–Kier alpha value is -4.32. The van der Waals surface area contributed by atoms with Crippen LogP contribution in [0.25, 0.3) is 33.8 Å². The number of rotatable bonds is 4. The molecule has 2 aromatic carbocycles. The van der Waals surface area contributed by atoms with Crippen molar-refractivity contribution in [3.05, 3.63) is 91.3 Å². The molecule has 5 aromatic rings. The minimum absolute atomic E-state index is 0.666. The van der Waals surface area contributed by atoms with Crippen LogP contribution in [0.15, 0.2) is 91.3 Å². The number of anilines is 1. The van der Waals surface area contributed by atoms with Crippen LogP contribution in [0.3, 0.4) is 0 Å². The van der Waals surface area contributed by atoms with E-state index in [1.807, 2.05) is 66.7 Å². The molecule has 0 saturated carbocycles. The van der Waals surface area contributed by atoms with Crippen molar-refractivity contribution >= 4 is 16.7 Å². The van der Waals surface area contributed by atoms with Crippen LogP contribution in [-0.2, 0) is 0 Å². The summed E-state index contributed by atoms with van der Waals surface area (Å²) in [4.78, 5) is 18.6. The highest BCUT2D eigenvalue weighted by Crippen LogP contribution is 2.31. The number of hydrogen-bond donors (Lipinski definition) is 1. The summed E-state index contributed by atoms with van der Waals surface area (Å²) in [5.41, 5.74) is 10.7. The van der Waals surface area contributed by atoms with Crippen molar-refractivity contribution in [2.24, 2.45) is 0 Å². The maximum Gasteiger partial charge on any atom is 0.129 e. The molecule has 0 saturated heterocycles. The summed E-state index contributed by atoms with van der Waals surface area (Å²) >= 11 is 0. The van der Waals surface area contributed by atoms with Crippen LogP contribution in [0.2, 0.25) is 0 Å². The summed E-state index contributed by atoms with van der Waals surface area (Å²) < 4.78 is 5.95. The van der Waals surface area contributed by atoms with E-state index in [0.717, 1.165) is 16.9 Å². The third-order valence-corrected chi connectivity index (χ3v) is 4.57. The smallest absolute Gasteiger partial charge is 0.129 e. The molecule has 0 atom stereocenters. The zero-order valence-electron chi connectivity index (χ0n) is 15.9. The number of pyridine rings is 2. The SMILES string of the molecule is Nc1ccc(Oc2ccc3nc(-c4ccccn4)c(-c4ccccn4)nc3c2)cc1. The van der Waals surface area contributed by atoms with Gasteiger partial charge in [0.2, 0.25) is 0 Å². The van der Waals surface area contributed by atoms with Gasteiger partial charge in [-0.05, 0) is 60.7 Å². The first kappa shape index (κ1) is 17.8. The molecule has 0 amide bonds. The Morgan fingerprint density at radius 1 is 0.600 bits per heavy atom. The number of fused-ring (bicyclic) bond motifs is 1. The predicted molar refractivity (Wildman–Crippen MR) is 117 cm³/mol. The fraction of sp³-hybridized carbons (Fsp3) is 0. The number of hydrogen-bond acceptors (Lipinski definition) is 6. The van der Waals surface area contributed by atoms with E-state index >= 15 is 0 Å². The van der Waals surface area contributed by atoms with Crippen LogP contribution >= 0.6 is 0 Å². The predicted octanol–water partition coefficient (Wildman–Crippen LogP) is 5.13. The fourth-order valence-electron chi connectivity index (χ4n) is 3.13. The van der Waals surface area contributed by atoms with Crippen molar-refractivity contribution < 1.29 is 4.74 Å². The molecule has 144 valence electrons. The maximum atomic E-state index is 5.95. The Kier molecular flexibility index (Phi) is 4.50. The maximum absolute atomic E-state index is 5.95. The van der Waals surface area contributed by atoms with Gasteiger partial charge in [0.1, 0.15) is 22.9 Å². The average molecular weight is 391 g/mol. The van der Waals surface area contributed by atoms with E-state index in [-0.39, 0.29) is 0 Å². The molecule has 0 fully saturated rings. The van der Waals surface area contributed by atoms with Crippen LogP contribution in [0, 0.1) is 0 Å². The van der Waals surface area contributed by atoms with E-state index in [2.05, 4.69) is 9.97 Å². The molecule has 0 aliphatic rings. The third-order valence-electron chi connectivity index (χ3n) is 4.57. The standard InChI is InChI=1S/C24H17N5O/c25-16-7-9-17(10-8-16)30-18-11-12-19-22(15-18)29-24(21-6-2-4-14-27-21)23(28-19)20-5-1-3-13-26-20/h1-15H,25H2. The molecule has 0 bridgehead atoms. The topological polar surface area (TPSA) is 86.8 Å². The highest BCUT2D eigenvalue weighted by Gasteiger charge is 2.15. The highest BCUT2D eigenvalue weighted by molar-refractivity contribution is 5.85. The summed E-state index contributed by atoms with van der Waals surface area (Å²) in [5, 5.41) is 0. The molecule has 0 aliphatic heterocycles. The number of nitrogen functional groups attached to an aromatic ring is 1. The van der Waals surface area contributed by atoms with Crippen molar-refractivity contribution in [2.45, 2.75) is 0 Å². The van der Waals surface area contributed by atoms with Crippen molar-refractivity contribution in [2.75, 3.05) is 5.73 Å². The summed E-state index contributed by atoms with van der Waals surface area (Å²) in [7, 11) is 0. The first-order valence-electron chi connectivity index (χ1n) is 9.44. The van der Waals surface area contributed by atoms with Crippen molar-refractivity contribution in [1.82, 2.24) is 19.9 Å². The Bertz CT molecular complexity index is 1310. The largest absolute Gasteiger partial charge is 0.457 e. The number of benzene rings is 2. The monoisotopic (exact) mass is 391 g/mol. The van der Waals surface area contributed by atoms with Gasteiger partial charge in [0, 0.05) is 24.1 Å². The fourth-order valence-corrected chi connectivity index (χ4v) is 3.13. The van der Waals surface area contributed by atoms with E-state index in [1.165, 1.54) is 0 Å². The van der Waals surface area contributed by atoms with Crippen LogP contribution in [0.5, 0.6) is 11.5 Å². The van der Waals surface area contributed by atoms with E-state index in [4.69, 9.17) is 20.4 Å². The minimum Gasteiger partial charge on any atom is -0.457 e. The Morgan fingerprint density at radius 2 is 1.20 bits per heavy atom. The lowest BCUT2D eigenvalue weighted by Gasteiger charge is -2.11. The molecule has 3 heterocycles. The molecule has 5 rings (SSSR count). The van der Waals surface area contributed by atoms with Gasteiger partial charge < -0.3 is 10.5 Å². The summed E-state index contributed by atoms with van der Waals surface area (Å²) in [6.07, 6.45) is 3.48. The van der Waals surface area contributed by atoms with Crippen LogP contribution < -0.4 is 10.5 Å². The average Bonchev–Trinajstić information content (AvgIpc) is 2.81. The van der Waals surface area contributed by atoms with Crippen LogP contribution in [-0.4, -0.2) is 19.9 Å². The number of ether oxygens (including phenoxy) is 1. The second kappa shape index (κ2) is 7.60. The highest BCUT2D eigenvalue weighted by atomic mass is 16.5. The third kappa shape index (κ3) is 3.54. The molecule has 0 spiro atoms. The normalized spacial score (nSPS) is 10.8. The Balaban J connectivity index is 1.63. The zero-order valence-corrected chi connectivity index (χ0v) is 15.9. The van der Waals surface area contributed by atoms with Gasteiger partial charge >= 0.3 is 0 Å². The second-order valence-corrected chi connectivity index (χ2v) is 6.67. The second-order valence-electron chi connectivity index (χ2n) is 6.67. The molecule has 6 heteroatoms. The Morgan fingerprint density at radius 3 is 1.80 bits per heavy atom. The van der Waals surface area contributed by atoms with Gasteiger partial charge in [-0.2, -0.15) is 0 Å². The summed E-state index contributed by atoms with van der Waals surface area (Å²) in [6.45, 7) is 0. The van der Waals surface area contributed by atoms with E-state index in [9.17, 15) is 0 Å². The Labute approximate surface area is 173 Å². The minimum atomic E-state index is 0.666. The van der Waals surface area contributed by atoms with Crippen molar-refractivity contribution in [1.29, 1.82) is 0 Å². The van der Waals surface area contributed by atoms with Crippen molar-refractivity contribution in [3.8, 4) is 34.3 Å². The molecule has 0 aliphatic carbocycles.